The number of fused-ring (bicyclic) bond motifs is 1. The number of aromatic hydroxyl groups is 3. The third-order valence-corrected chi connectivity index (χ3v) is 5.74. The molecule has 4 aromatic rings. The first-order chi connectivity index (χ1) is 17.3. The highest BCUT2D eigenvalue weighted by atomic mass is 16.5. The Bertz CT molecular complexity index is 1510. The fourth-order valence-electron chi connectivity index (χ4n) is 4.00. The monoisotopic (exact) mass is 486 g/mol. The summed E-state index contributed by atoms with van der Waals surface area (Å²) in [5.74, 6) is -0.976. The number of carbonyl (C=O) groups is 1. The van der Waals surface area contributed by atoms with Gasteiger partial charge in [0.15, 0.2) is 16.9 Å². The molecule has 182 valence electrons. The summed E-state index contributed by atoms with van der Waals surface area (Å²) < 4.78 is 16.3. The van der Waals surface area contributed by atoms with E-state index in [-0.39, 0.29) is 35.3 Å². The van der Waals surface area contributed by atoms with Crippen LogP contribution in [0.3, 0.4) is 0 Å². The van der Waals surface area contributed by atoms with Crippen molar-refractivity contribution in [2.45, 2.75) is 12.3 Å². The van der Waals surface area contributed by atoms with E-state index in [4.69, 9.17) is 20.3 Å². The van der Waals surface area contributed by atoms with Crippen molar-refractivity contribution >= 4 is 16.9 Å². The van der Waals surface area contributed by atoms with Crippen molar-refractivity contribution in [3.05, 3.63) is 82.0 Å². The highest BCUT2D eigenvalue weighted by Crippen LogP contribution is 2.49. The van der Waals surface area contributed by atoms with E-state index in [0.29, 0.717) is 16.9 Å². The second-order valence-electron chi connectivity index (χ2n) is 7.90. The zero-order valence-electron chi connectivity index (χ0n) is 19.2. The molecule has 3 N–H and O–H groups in total. The van der Waals surface area contributed by atoms with Crippen LogP contribution in [-0.4, -0.2) is 35.0 Å². The second-order valence-corrected chi connectivity index (χ2v) is 7.90. The van der Waals surface area contributed by atoms with Gasteiger partial charge in [-0.15, -0.1) is 6.42 Å². The molecular formula is C28H22O8. The summed E-state index contributed by atoms with van der Waals surface area (Å²) in [5, 5.41) is 31.6. The van der Waals surface area contributed by atoms with E-state index in [1.54, 1.807) is 54.6 Å². The number of benzene rings is 3. The summed E-state index contributed by atoms with van der Waals surface area (Å²) in [6.45, 7) is 0.0651. The lowest BCUT2D eigenvalue weighted by Crippen LogP contribution is -2.12. The van der Waals surface area contributed by atoms with Crippen molar-refractivity contribution in [1.29, 1.82) is 0 Å². The van der Waals surface area contributed by atoms with Gasteiger partial charge in [0.2, 0.25) is 5.75 Å². The van der Waals surface area contributed by atoms with Gasteiger partial charge in [-0.25, -0.2) is 0 Å². The van der Waals surface area contributed by atoms with Gasteiger partial charge < -0.3 is 29.2 Å². The van der Waals surface area contributed by atoms with Gasteiger partial charge in [-0.1, -0.05) is 48.4 Å². The minimum absolute atomic E-state index is 0.0575. The zero-order valence-corrected chi connectivity index (χ0v) is 19.2. The summed E-state index contributed by atoms with van der Waals surface area (Å²) in [4.78, 5) is 25.4. The average Bonchev–Trinajstić information content (AvgIpc) is 2.90. The summed E-state index contributed by atoms with van der Waals surface area (Å²) in [6, 6.07) is 16.5. The zero-order chi connectivity index (χ0) is 25.8. The molecule has 0 aliphatic carbocycles. The number of ether oxygens (including phenoxy) is 2. The van der Waals surface area contributed by atoms with Crippen LogP contribution >= 0.6 is 0 Å². The quantitative estimate of drug-likeness (QED) is 0.201. The van der Waals surface area contributed by atoms with Crippen LogP contribution in [0.4, 0.5) is 0 Å². The van der Waals surface area contributed by atoms with Crippen molar-refractivity contribution in [3.63, 3.8) is 0 Å². The molecule has 0 amide bonds. The van der Waals surface area contributed by atoms with Crippen LogP contribution in [0.2, 0.25) is 0 Å². The second kappa shape index (κ2) is 10.2. The minimum Gasteiger partial charge on any atom is -0.504 e. The van der Waals surface area contributed by atoms with Gasteiger partial charge in [0.25, 0.3) is 0 Å². The Hall–Kier alpha value is -4.90. The Kier molecular flexibility index (Phi) is 6.84. The molecule has 0 saturated heterocycles. The van der Waals surface area contributed by atoms with Crippen molar-refractivity contribution in [2.75, 3.05) is 13.7 Å². The largest absolute Gasteiger partial charge is 0.504 e. The number of phenolic OH excluding ortho intramolecular Hbond substituents is 3. The summed E-state index contributed by atoms with van der Waals surface area (Å²) in [6.07, 6.45) is 4.96. The smallest absolute Gasteiger partial charge is 0.306 e. The highest BCUT2D eigenvalue weighted by molar-refractivity contribution is 5.93. The molecule has 3 aromatic carbocycles. The van der Waals surface area contributed by atoms with E-state index in [1.165, 1.54) is 13.2 Å². The first-order valence-corrected chi connectivity index (χ1v) is 10.9. The van der Waals surface area contributed by atoms with Gasteiger partial charge in [0.1, 0.15) is 29.1 Å². The van der Waals surface area contributed by atoms with Crippen LogP contribution in [-0.2, 0) is 9.53 Å². The van der Waals surface area contributed by atoms with E-state index in [2.05, 4.69) is 5.92 Å². The molecule has 0 aliphatic heterocycles. The molecular weight excluding hydrogens is 464 g/mol. The predicted molar refractivity (Wildman–Crippen MR) is 132 cm³/mol. The molecule has 0 spiro atoms. The van der Waals surface area contributed by atoms with Crippen LogP contribution in [0.15, 0.2) is 69.9 Å². The maximum Gasteiger partial charge on any atom is 0.306 e. The van der Waals surface area contributed by atoms with E-state index < -0.39 is 34.6 Å². The first-order valence-electron chi connectivity index (χ1n) is 10.9. The van der Waals surface area contributed by atoms with Gasteiger partial charge in [-0.2, -0.15) is 0 Å². The maximum atomic E-state index is 13.1. The molecule has 0 fully saturated rings. The predicted octanol–water partition coefficient (Wildman–Crippen LogP) is 4.28. The average molecular weight is 486 g/mol. The van der Waals surface area contributed by atoms with E-state index in [1.807, 2.05) is 0 Å². The van der Waals surface area contributed by atoms with Crippen LogP contribution in [0, 0.1) is 12.3 Å². The Morgan fingerprint density at radius 1 is 1.03 bits per heavy atom. The van der Waals surface area contributed by atoms with Crippen molar-refractivity contribution in [3.8, 4) is 46.7 Å². The number of esters is 1. The van der Waals surface area contributed by atoms with Gasteiger partial charge in [-0.05, 0) is 17.7 Å². The van der Waals surface area contributed by atoms with Crippen LogP contribution in [0.1, 0.15) is 23.5 Å². The molecule has 1 heterocycles. The number of hydrogen-bond acceptors (Lipinski definition) is 8. The molecule has 0 saturated carbocycles. The molecule has 0 unspecified atom stereocenters. The standard InChI is InChI=1S/C28H22O8/c1-3-13-35-18-11-9-16(10-12-18)19(14-22(30)34-2)23-25(31)27(33)26(32)24-20(29)15-21(36-28(23)24)17-7-5-4-6-8-17/h1,4-12,15,19,31-33H,13-14H2,2H3/t19-/m0/s1. The normalized spacial score (nSPS) is 11.6. The Morgan fingerprint density at radius 2 is 1.72 bits per heavy atom. The molecule has 8 heteroatoms. The molecule has 1 aromatic heterocycles. The summed E-state index contributed by atoms with van der Waals surface area (Å²) >= 11 is 0. The van der Waals surface area contributed by atoms with E-state index >= 15 is 0 Å². The SMILES string of the molecule is C#CCOc1ccc([C@H](CC(=O)OC)c2c(O)c(O)c(O)c3c(=O)cc(-c4ccccc4)oc23)cc1. The number of rotatable bonds is 7. The Labute approximate surface area is 206 Å². The van der Waals surface area contributed by atoms with E-state index in [9.17, 15) is 24.9 Å². The van der Waals surface area contributed by atoms with Crippen LogP contribution in [0.25, 0.3) is 22.3 Å². The topological polar surface area (TPSA) is 126 Å². The Morgan fingerprint density at radius 3 is 2.36 bits per heavy atom. The van der Waals surface area contributed by atoms with Gasteiger partial charge in [0, 0.05) is 23.1 Å². The van der Waals surface area contributed by atoms with Crippen LogP contribution in [0.5, 0.6) is 23.0 Å². The van der Waals surface area contributed by atoms with Crippen molar-refractivity contribution < 1.29 is 34.0 Å². The van der Waals surface area contributed by atoms with E-state index in [0.717, 1.165) is 0 Å². The highest BCUT2D eigenvalue weighted by Gasteiger charge is 2.31. The first kappa shape index (κ1) is 24.2. The number of terminal acetylenes is 1. The van der Waals surface area contributed by atoms with Gasteiger partial charge in [0.05, 0.1) is 13.5 Å². The van der Waals surface area contributed by atoms with Gasteiger partial charge >= 0.3 is 5.97 Å². The molecule has 36 heavy (non-hydrogen) atoms. The number of methoxy groups -OCH3 is 1. The third kappa shape index (κ3) is 4.55. The molecule has 0 aliphatic rings. The fraction of sp³-hybridized carbons (Fsp3) is 0.143. The number of hydrogen-bond donors (Lipinski definition) is 3. The number of phenols is 3. The third-order valence-electron chi connectivity index (χ3n) is 5.74. The molecule has 1 atom stereocenters. The molecule has 0 radical (unpaired) electrons. The maximum absolute atomic E-state index is 13.1. The minimum atomic E-state index is -0.928. The van der Waals surface area contributed by atoms with Crippen LogP contribution < -0.4 is 10.2 Å². The summed E-state index contributed by atoms with van der Waals surface area (Å²) in [7, 11) is 1.22. The van der Waals surface area contributed by atoms with Crippen molar-refractivity contribution in [1.82, 2.24) is 0 Å². The molecule has 8 nitrogen and oxygen atoms in total. The Balaban J connectivity index is 2.00. The lowest BCUT2D eigenvalue weighted by molar-refractivity contribution is -0.140. The van der Waals surface area contributed by atoms with Gasteiger partial charge in [-0.3, -0.25) is 9.59 Å². The lowest BCUT2D eigenvalue weighted by atomic mass is 9.86. The summed E-state index contributed by atoms with van der Waals surface area (Å²) in [5.41, 5.74) is 0.226. The fourth-order valence-corrected chi connectivity index (χ4v) is 4.00. The number of carbonyl (C=O) groups excluding carboxylic acids is 1. The van der Waals surface area contributed by atoms with Crippen molar-refractivity contribution in [2.24, 2.45) is 0 Å². The molecule has 0 bridgehead atoms. The molecule has 4 rings (SSSR count). The lowest BCUT2D eigenvalue weighted by Gasteiger charge is -2.21.